The van der Waals surface area contributed by atoms with Gasteiger partial charge in [-0.15, -0.1) is 0 Å². The molecule has 18 heavy (non-hydrogen) atoms. The van der Waals surface area contributed by atoms with E-state index in [-0.39, 0.29) is 5.41 Å². The zero-order valence-electron chi connectivity index (χ0n) is 11.1. The van der Waals surface area contributed by atoms with Crippen molar-refractivity contribution in [2.75, 3.05) is 0 Å². The van der Waals surface area contributed by atoms with Crippen LogP contribution < -0.4 is 0 Å². The van der Waals surface area contributed by atoms with E-state index in [1.165, 1.54) is 27.1 Å². The number of hydrogen-bond acceptors (Lipinski definition) is 0. The van der Waals surface area contributed by atoms with Gasteiger partial charge in [0.2, 0.25) is 0 Å². The van der Waals surface area contributed by atoms with Gasteiger partial charge in [0.15, 0.2) is 0 Å². The third-order valence-corrected chi connectivity index (χ3v) is 3.41. The summed E-state index contributed by atoms with van der Waals surface area (Å²) in [5, 5.41) is 5.06. The summed E-state index contributed by atoms with van der Waals surface area (Å²) in [6, 6.07) is 20.6. The summed E-state index contributed by atoms with van der Waals surface area (Å²) < 4.78 is 0. The lowest BCUT2D eigenvalue weighted by Gasteiger charge is -2.23. The molecule has 0 atom stereocenters. The molecule has 0 nitrogen and oxygen atoms in total. The maximum Gasteiger partial charge on any atom is -0.00141 e. The van der Waals surface area contributed by atoms with Crippen molar-refractivity contribution >= 4 is 21.5 Å². The second-order valence-corrected chi connectivity index (χ2v) is 5.84. The molecule has 0 aliphatic carbocycles. The van der Waals surface area contributed by atoms with Crippen LogP contribution in [0.5, 0.6) is 0 Å². The molecule has 89 valence electrons. The first-order valence-corrected chi connectivity index (χ1v) is 6.40. The molecule has 3 rings (SSSR count). The van der Waals surface area contributed by atoms with Crippen LogP contribution >= 0.6 is 0 Å². The second-order valence-electron chi connectivity index (χ2n) is 5.84. The van der Waals surface area contributed by atoms with Gasteiger partial charge in [0, 0.05) is 0 Å². The smallest absolute Gasteiger partial charge is 0.00141 e. The van der Waals surface area contributed by atoms with Crippen LogP contribution in [0.15, 0.2) is 48.5 Å². The normalized spacial score (nSPS) is 12.2. The van der Waals surface area contributed by atoms with E-state index in [2.05, 4.69) is 75.4 Å². The molecule has 0 saturated heterocycles. The Balaban J connectivity index is 2.58. The van der Waals surface area contributed by atoms with E-state index in [0.29, 0.717) is 0 Å². The topological polar surface area (TPSA) is 0 Å². The highest BCUT2D eigenvalue weighted by atomic mass is 14.2. The van der Waals surface area contributed by atoms with Gasteiger partial charge >= 0.3 is 0 Å². The zero-order chi connectivity index (χ0) is 12.8. The summed E-state index contributed by atoms with van der Waals surface area (Å²) in [6.07, 6.45) is 0. The Morgan fingerprint density at radius 3 is 1.61 bits per heavy atom. The SMILES string of the molecule is CC(C)(C)c1c2ccccc2[c]c2ccccc12. The van der Waals surface area contributed by atoms with Crippen LogP contribution in [-0.2, 0) is 5.41 Å². The largest absolute Gasteiger partial charge is 0.0616 e. The molecule has 0 fully saturated rings. The van der Waals surface area contributed by atoms with Crippen molar-refractivity contribution in [1.29, 1.82) is 0 Å². The average molecular weight is 233 g/mol. The third kappa shape index (κ3) is 1.69. The van der Waals surface area contributed by atoms with Gasteiger partial charge in [-0.05, 0) is 38.6 Å². The molecule has 3 aromatic rings. The maximum atomic E-state index is 3.52. The van der Waals surface area contributed by atoms with Crippen molar-refractivity contribution in [2.24, 2.45) is 0 Å². The van der Waals surface area contributed by atoms with Crippen molar-refractivity contribution in [2.45, 2.75) is 26.2 Å². The Bertz CT molecular complexity index is 661. The predicted octanol–water partition coefficient (Wildman–Crippen LogP) is 5.09. The van der Waals surface area contributed by atoms with E-state index in [0.717, 1.165) is 0 Å². The Labute approximate surface area is 108 Å². The van der Waals surface area contributed by atoms with E-state index in [4.69, 9.17) is 0 Å². The highest BCUT2D eigenvalue weighted by Crippen LogP contribution is 2.36. The predicted molar refractivity (Wildman–Crippen MR) is 79.0 cm³/mol. The monoisotopic (exact) mass is 233 g/mol. The van der Waals surface area contributed by atoms with Gasteiger partial charge in [0.25, 0.3) is 0 Å². The van der Waals surface area contributed by atoms with Crippen LogP contribution in [0, 0.1) is 6.07 Å². The van der Waals surface area contributed by atoms with Gasteiger partial charge in [-0.25, -0.2) is 0 Å². The standard InChI is InChI=1S/C18H17/c1-18(2,3)17-15-10-6-4-8-13(15)12-14-9-5-7-11-16(14)17/h4-11H,1-3H3. The molecule has 3 aromatic carbocycles. The van der Waals surface area contributed by atoms with Crippen molar-refractivity contribution < 1.29 is 0 Å². The zero-order valence-corrected chi connectivity index (χ0v) is 11.1. The van der Waals surface area contributed by atoms with Crippen LogP contribution in [0.3, 0.4) is 0 Å². The molecule has 0 aromatic heterocycles. The van der Waals surface area contributed by atoms with Crippen LogP contribution in [0.1, 0.15) is 26.3 Å². The van der Waals surface area contributed by atoms with Crippen molar-refractivity contribution in [1.82, 2.24) is 0 Å². The minimum atomic E-state index is 0.133. The number of benzene rings is 3. The molecule has 0 saturated carbocycles. The summed E-state index contributed by atoms with van der Waals surface area (Å²) >= 11 is 0. The van der Waals surface area contributed by atoms with E-state index in [9.17, 15) is 0 Å². The summed E-state index contributed by atoms with van der Waals surface area (Å²) in [6.45, 7) is 6.84. The molecule has 0 spiro atoms. The lowest BCUT2D eigenvalue weighted by molar-refractivity contribution is 0.601. The van der Waals surface area contributed by atoms with Crippen molar-refractivity contribution in [3.63, 3.8) is 0 Å². The molecule has 0 heteroatoms. The molecule has 0 bridgehead atoms. The second kappa shape index (κ2) is 3.84. The Hall–Kier alpha value is -1.82. The van der Waals surface area contributed by atoms with Crippen LogP contribution in [-0.4, -0.2) is 0 Å². The van der Waals surface area contributed by atoms with Gasteiger partial charge in [0.05, 0.1) is 0 Å². The Kier molecular flexibility index (Phi) is 2.41. The van der Waals surface area contributed by atoms with Crippen molar-refractivity contribution in [3.05, 3.63) is 60.2 Å². The lowest BCUT2D eigenvalue weighted by Crippen LogP contribution is -2.12. The maximum absolute atomic E-state index is 3.52. The van der Waals surface area contributed by atoms with Gasteiger partial charge in [-0.2, -0.15) is 0 Å². The average Bonchev–Trinajstić information content (AvgIpc) is 2.34. The van der Waals surface area contributed by atoms with Crippen LogP contribution in [0.2, 0.25) is 0 Å². The molecule has 0 aliphatic heterocycles. The molecule has 1 radical (unpaired) electrons. The van der Waals surface area contributed by atoms with Crippen LogP contribution in [0.25, 0.3) is 21.5 Å². The first-order chi connectivity index (χ1) is 8.57. The number of fused-ring (bicyclic) bond motifs is 2. The fourth-order valence-corrected chi connectivity index (χ4v) is 2.72. The van der Waals surface area contributed by atoms with E-state index in [1.54, 1.807) is 0 Å². The quantitative estimate of drug-likeness (QED) is 0.474. The number of hydrogen-bond donors (Lipinski definition) is 0. The summed E-state index contributed by atoms with van der Waals surface area (Å²) in [7, 11) is 0. The molecule has 0 heterocycles. The molecule has 0 aliphatic rings. The van der Waals surface area contributed by atoms with Crippen LogP contribution in [0.4, 0.5) is 0 Å². The molecular formula is C18H17. The molecular weight excluding hydrogens is 216 g/mol. The molecule has 0 N–H and O–H groups in total. The van der Waals surface area contributed by atoms with E-state index >= 15 is 0 Å². The highest BCUT2D eigenvalue weighted by Gasteiger charge is 2.19. The van der Waals surface area contributed by atoms with E-state index < -0.39 is 0 Å². The Morgan fingerprint density at radius 2 is 1.17 bits per heavy atom. The highest BCUT2D eigenvalue weighted by molar-refractivity contribution is 6.02. The summed E-state index contributed by atoms with van der Waals surface area (Å²) in [5.74, 6) is 0. The lowest BCUT2D eigenvalue weighted by atomic mass is 9.80. The summed E-state index contributed by atoms with van der Waals surface area (Å²) in [5.41, 5.74) is 1.56. The fraction of sp³-hybridized carbons (Fsp3) is 0.222. The molecule has 0 amide bonds. The third-order valence-electron chi connectivity index (χ3n) is 3.41. The Morgan fingerprint density at radius 1 is 0.722 bits per heavy atom. The van der Waals surface area contributed by atoms with Gasteiger partial charge in [0.1, 0.15) is 0 Å². The van der Waals surface area contributed by atoms with E-state index in [1.807, 2.05) is 0 Å². The molecule has 0 unspecified atom stereocenters. The van der Waals surface area contributed by atoms with Crippen molar-refractivity contribution in [3.8, 4) is 0 Å². The van der Waals surface area contributed by atoms with Gasteiger partial charge in [-0.1, -0.05) is 69.3 Å². The summed E-state index contributed by atoms with van der Waals surface area (Å²) in [4.78, 5) is 0. The first kappa shape index (κ1) is 11.3. The first-order valence-electron chi connectivity index (χ1n) is 6.40. The number of rotatable bonds is 0. The van der Waals surface area contributed by atoms with Gasteiger partial charge < -0.3 is 0 Å². The van der Waals surface area contributed by atoms with Gasteiger partial charge in [-0.3, -0.25) is 0 Å². The minimum Gasteiger partial charge on any atom is -0.0616 e. The fourth-order valence-electron chi connectivity index (χ4n) is 2.72. The minimum absolute atomic E-state index is 0.133.